The summed E-state index contributed by atoms with van der Waals surface area (Å²) in [5, 5.41) is 8.82. The van der Waals surface area contributed by atoms with E-state index in [0.29, 0.717) is 11.3 Å². The van der Waals surface area contributed by atoms with Gasteiger partial charge in [-0.1, -0.05) is 6.07 Å². The fourth-order valence-corrected chi connectivity index (χ4v) is 4.87. The van der Waals surface area contributed by atoms with Crippen LogP contribution in [0, 0.1) is 6.92 Å². The number of nitrogens with one attached hydrogen (secondary N) is 2. The smallest absolute Gasteiger partial charge is 0.267 e. The van der Waals surface area contributed by atoms with Crippen LogP contribution in [0.4, 0.5) is 11.4 Å². The van der Waals surface area contributed by atoms with Crippen LogP contribution in [0.25, 0.3) is 21.8 Å². The maximum absolute atomic E-state index is 12.3. The molecular formula is C23H18N4O2S2. The van der Waals surface area contributed by atoms with E-state index in [9.17, 15) is 9.59 Å². The molecule has 1 aliphatic rings. The van der Waals surface area contributed by atoms with Gasteiger partial charge in [-0.2, -0.15) is 0 Å². The molecule has 2 aromatic carbocycles. The molecule has 154 valence electrons. The van der Waals surface area contributed by atoms with Crippen LogP contribution in [0.5, 0.6) is 0 Å². The van der Waals surface area contributed by atoms with Crippen molar-refractivity contribution in [3.8, 4) is 21.8 Å². The highest BCUT2D eigenvalue weighted by molar-refractivity contribution is 7.13. The molecule has 2 amide bonds. The Balaban J connectivity index is 1.37. The van der Waals surface area contributed by atoms with Gasteiger partial charge < -0.3 is 10.6 Å². The lowest BCUT2D eigenvalue weighted by Gasteiger charge is -2.17. The first kappa shape index (κ1) is 19.6. The number of carbonyl (C=O) groups excluding carboxylic acids is 2. The molecule has 0 radical (unpaired) electrons. The zero-order chi connectivity index (χ0) is 21.4. The predicted molar refractivity (Wildman–Crippen MR) is 125 cm³/mol. The third-order valence-corrected chi connectivity index (χ3v) is 6.84. The second-order valence-electron chi connectivity index (χ2n) is 7.31. The van der Waals surface area contributed by atoms with Crippen molar-refractivity contribution in [1.82, 2.24) is 9.97 Å². The first-order valence-corrected chi connectivity index (χ1v) is 11.5. The van der Waals surface area contributed by atoms with Crippen LogP contribution in [0.2, 0.25) is 0 Å². The number of benzene rings is 2. The molecule has 0 bridgehead atoms. The molecule has 0 unspecified atom stereocenters. The van der Waals surface area contributed by atoms with Crippen molar-refractivity contribution < 1.29 is 9.59 Å². The molecule has 3 heterocycles. The summed E-state index contributed by atoms with van der Waals surface area (Å²) in [6.45, 7) is 1.97. The quantitative estimate of drug-likeness (QED) is 0.441. The summed E-state index contributed by atoms with van der Waals surface area (Å²) in [4.78, 5) is 33.2. The fourth-order valence-electron chi connectivity index (χ4n) is 3.53. The highest BCUT2D eigenvalue weighted by Crippen LogP contribution is 2.33. The third kappa shape index (κ3) is 3.99. The standard InChI is InChI=1S/C23H18N4O2S2/c1-13-8-16(3-5-17(13)26-22(29)20-10-24-12-31-20)23-27-19(11-30-23)15-2-6-18-14(9-15)4-7-21(28)25-18/h2-3,5-6,8-12H,4,7H2,1H3,(H,25,28)(H,26,29). The summed E-state index contributed by atoms with van der Waals surface area (Å²) in [6.07, 6.45) is 2.83. The monoisotopic (exact) mass is 446 g/mol. The van der Waals surface area contributed by atoms with Crippen LogP contribution in [0.3, 0.4) is 0 Å². The average molecular weight is 447 g/mol. The third-order valence-electron chi connectivity index (χ3n) is 5.18. The van der Waals surface area contributed by atoms with Gasteiger partial charge in [0.1, 0.15) is 9.88 Å². The minimum absolute atomic E-state index is 0.0678. The molecule has 6 nitrogen and oxygen atoms in total. The number of hydrogen-bond acceptors (Lipinski definition) is 6. The summed E-state index contributed by atoms with van der Waals surface area (Å²) in [5.74, 6) is -0.0864. The van der Waals surface area contributed by atoms with Gasteiger partial charge >= 0.3 is 0 Å². The zero-order valence-corrected chi connectivity index (χ0v) is 18.3. The Morgan fingerprint density at radius 1 is 1.10 bits per heavy atom. The maximum atomic E-state index is 12.3. The second kappa shape index (κ2) is 8.05. The zero-order valence-electron chi connectivity index (χ0n) is 16.6. The Morgan fingerprint density at radius 2 is 1.97 bits per heavy atom. The summed E-state index contributed by atoms with van der Waals surface area (Å²) in [7, 11) is 0. The molecule has 4 aromatic rings. The summed E-state index contributed by atoms with van der Waals surface area (Å²) >= 11 is 2.90. The maximum Gasteiger partial charge on any atom is 0.267 e. The van der Waals surface area contributed by atoms with E-state index in [4.69, 9.17) is 4.98 Å². The van der Waals surface area contributed by atoms with Gasteiger partial charge in [0.15, 0.2) is 0 Å². The number of rotatable bonds is 4. The Morgan fingerprint density at radius 3 is 2.77 bits per heavy atom. The van der Waals surface area contributed by atoms with Crippen molar-refractivity contribution in [2.24, 2.45) is 0 Å². The Labute approximate surface area is 187 Å². The number of hydrogen-bond donors (Lipinski definition) is 2. The molecule has 0 saturated heterocycles. The average Bonchev–Trinajstić information content (AvgIpc) is 3.47. The lowest BCUT2D eigenvalue weighted by molar-refractivity contribution is -0.116. The highest BCUT2D eigenvalue weighted by atomic mass is 32.1. The predicted octanol–water partition coefficient (Wildman–Crippen LogP) is 5.38. The lowest BCUT2D eigenvalue weighted by Crippen LogP contribution is -2.18. The van der Waals surface area contributed by atoms with Gasteiger partial charge in [0.25, 0.3) is 5.91 Å². The van der Waals surface area contributed by atoms with Gasteiger partial charge in [-0.05, 0) is 54.8 Å². The number of amides is 2. The Bertz CT molecular complexity index is 1290. The Kier molecular flexibility index (Phi) is 5.09. The molecule has 0 fully saturated rings. The number of carbonyl (C=O) groups is 2. The van der Waals surface area contributed by atoms with Crippen LogP contribution in [-0.4, -0.2) is 21.8 Å². The Hall–Kier alpha value is -3.36. The second-order valence-corrected chi connectivity index (χ2v) is 9.05. The minimum Gasteiger partial charge on any atom is -0.326 e. The molecule has 0 aliphatic carbocycles. The van der Waals surface area contributed by atoms with Crippen LogP contribution >= 0.6 is 22.7 Å². The lowest BCUT2D eigenvalue weighted by atomic mass is 9.99. The van der Waals surface area contributed by atoms with Crippen LogP contribution < -0.4 is 10.6 Å². The molecular weight excluding hydrogens is 428 g/mol. The fraction of sp³-hybridized carbons (Fsp3) is 0.130. The van der Waals surface area contributed by atoms with Crippen molar-refractivity contribution in [2.45, 2.75) is 19.8 Å². The van der Waals surface area contributed by atoms with Crippen molar-refractivity contribution in [3.63, 3.8) is 0 Å². The van der Waals surface area contributed by atoms with Crippen molar-refractivity contribution in [3.05, 3.63) is 69.5 Å². The van der Waals surface area contributed by atoms with Crippen LogP contribution in [-0.2, 0) is 11.2 Å². The minimum atomic E-state index is -0.154. The molecule has 1 aliphatic heterocycles. The molecule has 5 rings (SSSR count). The van der Waals surface area contributed by atoms with E-state index in [2.05, 4.69) is 21.7 Å². The number of anilines is 2. The first-order chi connectivity index (χ1) is 15.1. The van der Waals surface area contributed by atoms with Gasteiger partial charge in [-0.3, -0.25) is 14.6 Å². The van der Waals surface area contributed by atoms with Crippen LogP contribution in [0.1, 0.15) is 27.2 Å². The molecule has 0 spiro atoms. The molecule has 0 saturated carbocycles. The van der Waals surface area contributed by atoms with Gasteiger partial charge in [0.2, 0.25) is 5.91 Å². The van der Waals surface area contributed by atoms with Crippen molar-refractivity contribution in [1.29, 1.82) is 0 Å². The van der Waals surface area contributed by atoms with Crippen molar-refractivity contribution in [2.75, 3.05) is 10.6 Å². The van der Waals surface area contributed by atoms with E-state index in [1.807, 2.05) is 42.6 Å². The number of thiazole rings is 2. The molecule has 2 aromatic heterocycles. The van der Waals surface area contributed by atoms with E-state index in [-0.39, 0.29) is 11.8 Å². The summed E-state index contributed by atoms with van der Waals surface area (Å²) < 4.78 is 0. The number of aromatic nitrogens is 2. The van der Waals surface area contributed by atoms with E-state index in [0.717, 1.165) is 50.8 Å². The van der Waals surface area contributed by atoms with Gasteiger partial charge in [-0.25, -0.2) is 4.98 Å². The number of aryl methyl sites for hydroxylation is 2. The number of fused-ring (bicyclic) bond motifs is 1. The summed E-state index contributed by atoms with van der Waals surface area (Å²) in [5.41, 5.74) is 8.39. The molecule has 8 heteroatoms. The highest BCUT2D eigenvalue weighted by Gasteiger charge is 2.16. The van der Waals surface area contributed by atoms with E-state index in [1.54, 1.807) is 23.0 Å². The topological polar surface area (TPSA) is 84.0 Å². The van der Waals surface area contributed by atoms with Crippen LogP contribution in [0.15, 0.2) is 53.5 Å². The van der Waals surface area contributed by atoms with Gasteiger partial charge in [-0.15, -0.1) is 22.7 Å². The SMILES string of the molecule is Cc1cc(-c2nc(-c3ccc4c(c3)CCC(=O)N4)cs2)ccc1NC(=O)c1cncs1. The van der Waals surface area contributed by atoms with E-state index in [1.165, 1.54) is 11.3 Å². The summed E-state index contributed by atoms with van der Waals surface area (Å²) in [6, 6.07) is 12.0. The van der Waals surface area contributed by atoms with Gasteiger partial charge in [0.05, 0.1) is 17.4 Å². The molecule has 2 N–H and O–H groups in total. The van der Waals surface area contributed by atoms with E-state index < -0.39 is 0 Å². The van der Waals surface area contributed by atoms with Crippen molar-refractivity contribution >= 4 is 45.9 Å². The normalized spacial score (nSPS) is 12.9. The molecule has 0 atom stereocenters. The first-order valence-electron chi connectivity index (χ1n) is 9.76. The van der Waals surface area contributed by atoms with Gasteiger partial charge in [0, 0.05) is 34.3 Å². The molecule has 31 heavy (non-hydrogen) atoms. The van der Waals surface area contributed by atoms with E-state index >= 15 is 0 Å². The number of nitrogens with zero attached hydrogens (tertiary/aromatic N) is 2. The largest absolute Gasteiger partial charge is 0.326 e.